The van der Waals surface area contributed by atoms with Crippen molar-refractivity contribution in [3.63, 3.8) is 0 Å². The van der Waals surface area contributed by atoms with Gasteiger partial charge in [-0.25, -0.2) is 4.79 Å². The fraction of sp³-hybridized carbons (Fsp3) is 0.312. The average molecular weight is 304 g/mol. The minimum atomic E-state index is -0.143. The van der Waals surface area contributed by atoms with Crippen molar-refractivity contribution in [1.82, 2.24) is 10.6 Å². The van der Waals surface area contributed by atoms with E-state index in [1.807, 2.05) is 54.8 Å². The van der Waals surface area contributed by atoms with Gasteiger partial charge < -0.3 is 15.4 Å². The Labute approximate surface area is 129 Å². The first-order valence-corrected chi connectivity index (χ1v) is 7.89. The number of amides is 2. The van der Waals surface area contributed by atoms with Crippen LogP contribution in [-0.2, 0) is 0 Å². The van der Waals surface area contributed by atoms with Crippen molar-refractivity contribution in [2.75, 3.05) is 13.2 Å². The van der Waals surface area contributed by atoms with Crippen molar-refractivity contribution in [2.24, 2.45) is 0 Å². The lowest BCUT2D eigenvalue weighted by molar-refractivity contribution is 0.236. The number of thiophene rings is 1. The number of carbonyl (C=O) groups excluding carboxylic acids is 1. The number of benzene rings is 1. The highest BCUT2D eigenvalue weighted by Crippen LogP contribution is 2.17. The van der Waals surface area contributed by atoms with E-state index in [0.717, 1.165) is 17.0 Å². The van der Waals surface area contributed by atoms with Crippen LogP contribution in [0.15, 0.2) is 47.8 Å². The van der Waals surface area contributed by atoms with Crippen LogP contribution in [0.3, 0.4) is 0 Å². The molecule has 2 N–H and O–H groups in total. The summed E-state index contributed by atoms with van der Waals surface area (Å²) < 4.78 is 5.56. The summed E-state index contributed by atoms with van der Waals surface area (Å²) in [6.07, 6.45) is 0.774. The van der Waals surface area contributed by atoms with Crippen molar-refractivity contribution < 1.29 is 9.53 Å². The van der Waals surface area contributed by atoms with Gasteiger partial charge in [-0.3, -0.25) is 0 Å². The van der Waals surface area contributed by atoms with Crippen LogP contribution in [0.4, 0.5) is 4.79 Å². The summed E-state index contributed by atoms with van der Waals surface area (Å²) >= 11 is 1.64. The quantitative estimate of drug-likeness (QED) is 0.768. The van der Waals surface area contributed by atoms with Gasteiger partial charge in [0.2, 0.25) is 0 Å². The van der Waals surface area contributed by atoms with Gasteiger partial charge in [-0.2, -0.15) is 0 Å². The van der Waals surface area contributed by atoms with Gasteiger partial charge >= 0.3 is 6.03 Å². The summed E-state index contributed by atoms with van der Waals surface area (Å²) in [7, 11) is 0. The number of para-hydroxylation sites is 1. The van der Waals surface area contributed by atoms with Crippen molar-refractivity contribution in [1.29, 1.82) is 0 Å². The highest BCUT2D eigenvalue weighted by molar-refractivity contribution is 7.10. The lowest BCUT2D eigenvalue weighted by Gasteiger charge is -2.13. The van der Waals surface area contributed by atoms with Gasteiger partial charge in [0, 0.05) is 11.4 Å². The van der Waals surface area contributed by atoms with Crippen molar-refractivity contribution in [3.8, 4) is 5.75 Å². The van der Waals surface area contributed by atoms with Crippen LogP contribution in [0, 0.1) is 0 Å². The normalized spacial score (nSPS) is 11.7. The van der Waals surface area contributed by atoms with Crippen molar-refractivity contribution in [2.45, 2.75) is 19.4 Å². The predicted octanol–water partition coefficient (Wildman–Crippen LogP) is 3.58. The molecule has 0 bridgehead atoms. The van der Waals surface area contributed by atoms with Gasteiger partial charge in [0.25, 0.3) is 0 Å². The first kappa shape index (κ1) is 15.4. The standard InChI is InChI=1S/C16H20N2O2S/c1-13(15-9-5-12-21-15)18-16(19)17-10-6-11-20-14-7-3-2-4-8-14/h2-5,7-9,12-13H,6,10-11H2,1H3,(H2,17,18,19)/t13-/m0/s1. The molecule has 0 radical (unpaired) electrons. The van der Waals surface area contributed by atoms with E-state index < -0.39 is 0 Å². The van der Waals surface area contributed by atoms with Gasteiger partial charge in [-0.05, 0) is 36.9 Å². The Morgan fingerprint density at radius 3 is 2.76 bits per heavy atom. The molecule has 0 saturated carbocycles. The van der Waals surface area contributed by atoms with E-state index >= 15 is 0 Å². The molecule has 4 nitrogen and oxygen atoms in total. The number of hydrogen-bond donors (Lipinski definition) is 2. The molecule has 0 spiro atoms. The smallest absolute Gasteiger partial charge is 0.315 e. The van der Waals surface area contributed by atoms with Crippen LogP contribution in [0.25, 0.3) is 0 Å². The molecular weight excluding hydrogens is 284 g/mol. The minimum absolute atomic E-state index is 0.0329. The number of hydrogen-bond acceptors (Lipinski definition) is 3. The second-order valence-corrected chi connectivity index (χ2v) is 5.63. The zero-order valence-corrected chi connectivity index (χ0v) is 12.9. The molecule has 0 unspecified atom stereocenters. The third-order valence-corrected chi connectivity index (χ3v) is 3.99. The largest absolute Gasteiger partial charge is 0.494 e. The molecule has 2 rings (SSSR count). The van der Waals surface area contributed by atoms with E-state index in [4.69, 9.17) is 4.74 Å². The molecule has 2 amide bonds. The highest BCUT2D eigenvalue weighted by Gasteiger charge is 2.09. The first-order valence-electron chi connectivity index (χ1n) is 7.01. The summed E-state index contributed by atoms with van der Waals surface area (Å²) in [6.45, 7) is 3.16. The monoisotopic (exact) mass is 304 g/mol. The Balaban J connectivity index is 1.57. The van der Waals surface area contributed by atoms with E-state index in [9.17, 15) is 4.79 Å². The van der Waals surface area contributed by atoms with E-state index in [1.54, 1.807) is 11.3 Å². The second kappa shape index (κ2) is 8.32. The lowest BCUT2D eigenvalue weighted by Crippen LogP contribution is -2.37. The molecule has 0 aliphatic heterocycles. The average Bonchev–Trinajstić information content (AvgIpc) is 3.02. The van der Waals surface area contributed by atoms with Gasteiger partial charge in [0.1, 0.15) is 5.75 Å². The molecule has 1 aromatic carbocycles. The summed E-state index contributed by atoms with van der Waals surface area (Å²) in [6, 6.07) is 13.6. The summed E-state index contributed by atoms with van der Waals surface area (Å²) in [5, 5.41) is 7.75. The van der Waals surface area contributed by atoms with Gasteiger partial charge in [0.15, 0.2) is 0 Å². The zero-order chi connectivity index (χ0) is 14.9. The summed E-state index contributed by atoms with van der Waals surface area (Å²) in [4.78, 5) is 12.9. The zero-order valence-electron chi connectivity index (χ0n) is 12.0. The maximum Gasteiger partial charge on any atom is 0.315 e. The van der Waals surface area contributed by atoms with Gasteiger partial charge in [-0.15, -0.1) is 11.3 Å². The molecule has 5 heteroatoms. The van der Waals surface area contributed by atoms with Gasteiger partial charge in [-0.1, -0.05) is 24.3 Å². The maximum absolute atomic E-state index is 11.7. The highest BCUT2D eigenvalue weighted by atomic mass is 32.1. The van der Waals surface area contributed by atoms with Crippen molar-refractivity contribution >= 4 is 17.4 Å². The number of rotatable bonds is 7. The van der Waals surface area contributed by atoms with Crippen LogP contribution in [0.1, 0.15) is 24.3 Å². The molecule has 0 aliphatic rings. The van der Waals surface area contributed by atoms with Crippen molar-refractivity contribution in [3.05, 3.63) is 52.7 Å². The third-order valence-electron chi connectivity index (χ3n) is 2.94. The van der Waals surface area contributed by atoms with E-state index in [0.29, 0.717) is 13.2 Å². The van der Waals surface area contributed by atoms with E-state index in [1.165, 1.54) is 0 Å². The maximum atomic E-state index is 11.7. The topological polar surface area (TPSA) is 50.4 Å². The minimum Gasteiger partial charge on any atom is -0.494 e. The fourth-order valence-electron chi connectivity index (χ4n) is 1.84. The molecule has 2 aromatic rings. The van der Waals surface area contributed by atoms with E-state index in [-0.39, 0.29) is 12.1 Å². The Hall–Kier alpha value is -2.01. The fourth-order valence-corrected chi connectivity index (χ4v) is 2.57. The molecule has 1 atom stereocenters. The Morgan fingerprint density at radius 1 is 1.24 bits per heavy atom. The molecule has 1 heterocycles. The molecule has 21 heavy (non-hydrogen) atoms. The Morgan fingerprint density at radius 2 is 2.05 bits per heavy atom. The number of urea groups is 1. The van der Waals surface area contributed by atoms with Crippen LogP contribution in [0.2, 0.25) is 0 Å². The Kier molecular flexibility index (Phi) is 6.09. The van der Waals surface area contributed by atoms with Crippen LogP contribution >= 0.6 is 11.3 Å². The Bertz CT molecular complexity index is 528. The first-order chi connectivity index (χ1) is 10.3. The predicted molar refractivity (Wildman–Crippen MR) is 85.8 cm³/mol. The van der Waals surface area contributed by atoms with E-state index in [2.05, 4.69) is 10.6 Å². The lowest BCUT2D eigenvalue weighted by atomic mass is 10.3. The molecule has 112 valence electrons. The number of nitrogens with one attached hydrogen (secondary N) is 2. The van der Waals surface area contributed by atoms with Crippen LogP contribution < -0.4 is 15.4 Å². The summed E-state index contributed by atoms with van der Waals surface area (Å²) in [5.41, 5.74) is 0. The molecular formula is C16H20N2O2S. The number of carbonyl (C=O) groups is 1. The SMILES string of the molecule is C[C@H](NC(=O)NCCCOc1ccccc1)c1cccs1. The molecule has 0 saturated heterocycles. The second-order valence-electron chi connectivity index (χ2n) is 4.65. The summed E-state index contributed by atoms with van der Waals surface area (Å²) in [5.74, 6) is 0.855. The molecule has 0 aliphatic carbocycles. The number of ether oxygens (including phenoxy) is 1. The third kappa shape index (κ3) is 5.47. The molecule has 0 fully saturated rings. The van der Waals surface area contributed by atoms with Gasteiger partial charge in [0.05, 0.1) is 12.6 Å². The van der Waals surface area contributed by atoms with Crippen LogP contribution in [-0.4, -0.2) is 19.2 Å². The molecule has 1 aromatic heterocycles. The van der Waals surface area contributed by atoms with Crippen LogP contribution in [0.5, 0.6) is 5.75 Å².